The number of rotatable bonds is 6. The summed E-state index contributed by atoms with van der Waals surface area (Å²) in [6.07, 6.45) is 4.88. The van der Waals surface area contributed by atoms with E-state index in [4.69, 9.17) is 4.74 Å². The molecular formula is C13H26N2O2. The van der Waals surface area contributed by atoms with Gasteiger partial charge in [0, 0.05) is 18.6 Å². The third-order valence-electron chi connectivity index (χ3n) is 2.98. The van der Waals surface area contributed by atoms with E-state index in [-0.39, 0.29) is 6.09 Å². The zero-order valence-electron chi connectivity index (χ0n) is 11.3. The van der Waals surface area contributed by atoms with Crippen LogP contribution in [0, 0.1) is 5.92 Å². The summed E-state index contributed by atoms with van der Waals surface area (Å²) in [4.78, 5) is 11.3. The van der Waals surface area contributed by atoms with E-state index >= 15 is 0 Å². The van der Waals surface area contributed by atoms with Crippen LogP contribution in [-0.2, 0) is 4.74 Å². The third-order valence-corrected chi connectivity index (χ3v) is 2.98. The molecule has 0 heterocycles. The first kappa shape index (κ1) is 14.3. The SMILES string of the molecule is CC(C)COC(=O)NCC(C)NC1CCCC1. The third kappa shape index (κ3) is 6.51. The largest absolute Gasteiger partial charge is 0.449 e. The van der Waals surface area contributed by atoms with Gasteiger partial charge in [0.25, 0.3) is 0 Å². The molecule has 0 aromatic rings. The lowest BCUT2D eigenvalue weighted by Crippen LogP contribution is -2.43. The smallest absolute Gasteiger partial charge is 0.407 e. The molecular weight excluding hydrogens is 216 g/mol. The summed E-state index contributed by atoms with van der Waals surface area (Å²) in [5.41, 5.74) is 0. The Morgan fingerprint density at radius 3 is 2.53 bits per heavy atom. The zero-order valence-corrected chi connectivity index (χ0v) is 11.3. The average molecular weight is 242 g/mol. The van der Waals surface area contributed by atoms with E-state index in [1.807, 2.05) is 13.8 Å². The molecule has 0 saturated heterocycles. The summed E-state index contributed by atoms with van der Waals surface area (Å²) in [7, 11) is 0. The number of alkyl carbamates (subject to hydrolysis) is 1. The van der Waals surface area contributed by atoms with Gasteiger partial charge in [-0.2, -0.15) is 0 Å². The fourth-order valence-corrected chi connectivity index (χ4v) is 2.08. The number of ether oxygens (including phenoxy) is 1. The minimum atomic E-state index is -0.307. The Bertz CT molecular complexity index is 225. The minimum absolute atomic E-state index is 0.307. The summed E-state index contributed by atoms with van der Waals surface area (Å²) in [5, 5.41) is 6.32. The van der Waals surface area contributed by atoms with E-state index in [1.165, 1.54) is 25.7 Å². The molecule has 0 bridgehead atoms. The van der Waals surface area contributed by atoms with Gasteiger partial charge in [-0.25, -0.2) is 4.79 Å². The Morgan fingerprint density at radius 2 is 1.94 bits per heavy atom. The molecule has 0 spiro atoms. The van der Waals surface area contributed by atoms with Gasteiger partial charge in [0.05, 0.1) is 6.61 Å². The van der Waals surface area contributed by atoms with Crippen LogP contribution in [0.3, 0.4) is 0 Å². The molecule has 1 rings (SSSR count). The van der Waals surface area contributed by atoms with Crippen LogP contribution < -0.4 is 10.6 Å². The first-order valence-corrected chi connectivity index (χ1v) is 6.74. The molecule has 0 aromatic carbocycles. The molecule has 1 amide bonds. The predicted octanol–water partition coefficient (Wildman–Crippen LogP) is 2.29. The van der Waals surface area contributed by atoms with E-state index < -0.39 is 0 Å². The van der Waals surface area contributed by atoms with Crippen molar-refractivity contribution in [1.29, 1.82) is 0 Å². The first-order chi connectivity index (χ1) is 8.08. The van der Waals surface area contributed by atoms with Crippen LogP contribution in [0.1, 0.15) is 46.5 Å². The minimum Gasteiger partial charge on any atom is -0.449 e. The molecule has 1 aliphatic carbocycles. The van der Waals surface area contributed by atoms with Crippen molar-refractivity contribution >= 4 is 6.09 Å². The molecule has 1 saturated carbocycles. The molecule has 0 aromatic heterocycles. The van der Waals surface area contributed by atoms with Crippen LogP contribution in [0.25, 0.3) is 0 Å². The number of carbonyl (C=O) groups is 1. The monoisotopic (exact) mass is 242 g/mol. The van der Waals surface area contributed by atoms with Crippen LogP contribution in [0.2, 0.25) is 0 Å². The highest BCUT2D eigenvalue weighted by atomic mass is 16.5. The van der Waals surface area contributed by atoms with Crippen molar-refractivity contribution in [2.75, 3.05) is 13.2 Å². The fraction of sp³-hybridized carbons (Fsp3) is 0.923. The van der Waals surface area contributed by atoms with Gasteiger partial charge in [0.2, 0.25) is 0 Å². The van der Waals surface area contributed by atoms with Crippen molar-refractivity contribution in [3.8, 4) is 0 Å². The molecule has 100 valence electrons. The van der Waals surface area contributed by atoms with Crippen LogP contribution >= 0.6 is 0 Å². The lowest BCUT2D eigenvalue weighted by Gasteiger charge is -2.19. The van der Waals surface area contributed by atoms with Crippen LogP contribution in [0.5, 0.6) is 0 Å². The van der Waals surface area contributed by atoms with Gasteiger partial charge in [0.15, 0.2) is 0 Å². The maximum Gasteiger partial charge on any atom is 0.407 e. The van der Waals surface area contributed by atoms with Gasteiger partial charge >= 0.3 is 6.09 Å². The number of amides is 1. The van der Waals surface area contributed by atoms with Gasteiger partial charge in [0.1, 0.15) is 0 Å². The lowest BCUT2D eigenvalue weighted by molar-refractivity contribution is 0.132. The van der Waals surface area contributed by atoms with Gasteiger partial charge in [-0.05, 0) is 25.7 Å². The number of nitrogens with one attached hydrogen (secondary N) is 2. The first-order valence-electron chi connectivity index (χ1n) is 6.74. The molecule has 2 N–H and O–H groups in total. The molecule has 1 atom stereocenters. The molecule has 17 heavy (non-hydrogen) atoms. The summed E-state index contributed by atoms with van der Waals surface area (Å²) < 4.78 is 5.05. The van der Waals surface area contributed by atoms with Crippen molar-refractivity contribution in [2.45, 2.75) is 58.5 Å². The van der Waals surface area contributed by atoms with Crippen LogP contribution in [-0.4, -0.2) is 31.3 Å². The Hall–Kier alpha value is -0.770. The van der Waals surface area contributed by atoms with Crippen molar-refractivity contribution in [3.63, 3.8) is 0 Å². The number of hydrogen-bond donors (Lipinski definition) is 2. The van der Waals surface area contributed by atoms with Crippen molar-refractivity contribution < 1.29 is 9.53 Å². The summed E-state index contributed by atoms with van der Waals surface area (Å²) in [5.74, 6) is 0.384. The second-order valence-corrected chi connectivity index (χ2v) is 5.42. The molecule has 0 radical (unpaired) electrons. The summed E-state index contributed by atoms with van der Waals surface area (Å²) >= 11 is 0. The Kier molecular flexibility index (Phi) is 6.34. The average Bonchev–Trinajstić information content (AvgIpc) is 2.76. The lowest BCUT2D eigenvalue weighted by atomic mass is 10.2. The highest BCUT2D eigenvalue weighted by Gasteiger charge is 2.17. The summed E-state index contributed by atoms with van der Waals surface area (Å²) in [6, 6.07) is 0.947. The number of carbonyl (C=O) groups excluding carboxylic acids is 1. The summed E-state index contributed by atoms with van der Waals surface area (Å²) in [6.45, 7) is 7.26. The van der Waals surface area contributed by atoms with Gasteiger partial charge in [-0.1, -0.05) is 26.7 Å². The normalized spacial score (nSPS) is 18.4. The molecule has 4 heteroatoms. The maximum atomic E-state index is 11.3. The van der Waals surface area contributed by atoms with Crippen LogP contribution in [0.15, 0.2) is 0 Å². The maximum absolute atomic E-state index is 11.3. The molecule has 1 unspecified atom stereocenters. The topological polar surface area (TPSA) is 50.4 Å². The van der Waals surface area contributed by atoms with Gasteiger partial charge in [-0.15, -0.1) is 0 Å². The van der Waals surface area contributed by atoms with E-state index in [0.717, 1.165) is 0 Å². The molecule has 4 nitrogen and oxygen atoms in total. The number of hydrogen-bond acceptors (Lipinski definition) is 3. The van der Waals surface area contributed by atoms with E-state index in [1.54, 1.807) is 0 Å². The second-order valence-electron chi connectivity index (χ2n) is 5.42. The standard InChI is InChI=1S/C13H26N2O2/c1-10(2)9-17-13(16)14-8-11(3)15-12-6-4-5-7-12/h10-12,15H,4-9H2,1-3H3,(H,14,16). The van der Waals surface area contributed by atoms with Crippen LogP contribution in [0.4, 0.5) is 4.79 Å². The molecule has 1 fully saturated rings. The van der Waals surface area contributed by atoms with Crippen molar-refractivity contribution in [1.82, 2.24) is 10.6 Å². The van der Waals surface area contributed by atoms with E-state index in [9.17, 15) is 4.79 Å². The quantitative estimate of drug-likeness (QED) is 0.751. The van der Waals surface area contributed by atoms with Crippen molar-refractivity contribution in [3.05, 3.63) is 0 Å². The molecule has 1 aliphatic rings. The Morgan fingerprint density at radius 1 is 1.29 bits per heavy atom. The highest BCUT2D eigenvalue weighted by molar-refractivity contribution is 5.67. The Balaban J connectivity index is 2.05. The fourth-order valence-electron chi connectivity index (χ4n) is 2.08. The van der Waals surface area contributed by atoms with E-state index in [2.05, 4.69) is 17.6 Å². The second kappa shape index (κ2) is 7.54. The van der Waals surface area contributed by atoms with E-state index in [0.29, 0.717) is 31.2 Å². The predicted molar refractivity (Wildman–Crippen MR) is 69.0 cm³/mol. The van der Waals surface area contributed by atoms with Gasteiger partial charge in [-0.3, -0.25) is 0 Å². The Labute approximate surface area is 104 Å². The van der Waals surface area contributed by atoms with Crippen molar-refractivity contribution in [2.24, 2.45) is 5.92 Å². The van der Waals surface area contributed by atoms with Gasteiger partial charge < -0.3 is 15.4 Å². The highest BCUT2D eigenvalue weighted by Crippen LogP contribution is 2.17. The molecule has 0 aliphatic heterocycles. The zero-order chi connectivity index (χ0) is 12.7.